The molecule has 1 rings (SSSR count). The molecule has 0 fully saturated rings. The van der Waals surface area contributed by atoms with E-state index in [2.05, 4.69) is 0 Å². The van der Waals surface area contributed by atoms with Crippen LogP contribution in [0.1, 0.15) is 45.7 Å². The molecule has 1 aromatic carbocycles. The number of allylic oxidation sites excluding steroid dienone is 2. The van der Waals surface area contributed by atoms with E-state index < -0.39 is 51.6 Å². The molecule has 0 aliphatic heterocycles. The van der Waals surface area contributed by atoms with Crippen LogP contribution in [0.3, 0.4) is 0 Å². The van der Waals surface area contributed by atoms with Gasteiger partial charge in [0.05, 0.1) is 10.4 Å². The predicted octanol–water partition coefficient (Wildman–Crippen LogP) is 5.74. The summed E-state index contributed by atoms with van der Waals surface area (Å²) in [5, 5.41) is -0.575. The first-order valence-corrected chi connectivity index (χ1v) is 7.92. The summed E-state index contributed by atoms with van der Waals surface area (Å²) >= 11 is 5.72. The molecule has 0 saturated carbocycles. The van der Waals surface area contributed by atoms with Gasteiger partial charge < -0.3 is 4.74 Å². The van der Waals surface area contributed by atoms with Crippen LogP contribution in [0.2, 0.25) is 5.02 Å². The molecule has 0 saturated heterocycles. The maximum atomic E-state index is 14.0. The van der Waals surface area contributed by atoms with Crippen molar-refractivity contribution in [2.75, 3.05) is 0 Å². The van der Waals surface area contributed by atoms with Gasteiger partial charge in [-0.05, 0) is 40.5 Å². The van der Waals surface area contributed by atoms with Crippen molar-refractivity contribution in [3.05, 3.63) is 45.3 Å². The summed E-state index contributed by atoms with van der Waals surface area (Å²) in [6.07, 6.45) is 1.92. The Morgan fingerprint density at radius 2 is 1.75 bits per heavy atom. The third kappa shape index (κ3) is 4.12. The first kappa shape index (κ1) is 20.6. The lowest BCUT2D eigenvalue weighted by Crippen LogP contribution is -2.32. The van der Waals surface area contributed by atoms with Crippen molar-refractivity contribution in [3.8, 4) is 0 Å². The summed E-state index contributed by atoms with van der Waals surface area (Å²) in [6, 6.07) is 0. The Bertz CT molecular complexity index is 648. The Morgan fingerprint density at radius 3 is 2.25 bits per heavy atom. The van der Waals surface area contributed by atoms with Gasteiger partial charge in [-0.1, -0.05) is 30.2 Å². The van der Waals surface area contributed by atoms with Crippen molar-refractivity contribution >= 4 is 17.6 Å². The van der Waals surface area contributed by atoms with Crippen LogP contribution in [0.15, 0.2) is 11.6 Å². The Hall–Kier alpha value is -1.49. The third-order valence-electron chi connectivity index (χ3n) is 4.17. The van der Waals surface area contributed by atoms with Gasteiger partial charge in [-0.2, -0.15) is 0 Å². The van der Waals surface area contributed by atoms with Crippen molar-refractivity contribution in [2.45, 2.75) is 48.1 Å². The van der Waals surface area contributed by atoms with Crippen LogP contribution in [0.25, 0.3) is 0 Å². The molecule has 0 aromatic heterocycles. The first-order valence-electron chi connectivity index (χ1n) is 7.54. The average Bonchev–Trinajstić information content (AvgIpc) is 2.49. The van der Waals surface area contributed by atoms with Crippen molar-refractivity contribution in [1.82, 2.24) is 0 Å². The molecule has 0 aliphatic rings. The summed E-state index contributed by atoms with van der Waals surface area (Å²) in [5.74, 6) is -4.44. The van der Waals surface area contributed by atoms with E-state index in [4.69, 9.17) is 16.3 Å². The SMILES string of the molecule is CC(C)=CC(C)C(C)(C)C(=O)OCc1c(F)c(F)c(C)c(F)c1Cl. The van der Waals surface area contributed by atoms with E-state index >= 15 is 0 Å². The summed E-state index contributed by atoms with van der Waals surface area (Å²) in [7, 11) is 0. The molecule has 0 heterocycles. The van der Waals surface area contributed by atoms with Gasteiger partial charge in [-0.25, -0.2) is 13.2 Å². The molecular formula is C18H22ClF3O2. The van der Waals surface area contributed by atoms with Gasteiger partial charge in [0, 0.05) is 11.1 Å². The van der Waals surface area contributed by atoms with E-state index in [9.17, 15) is 18.0 Å². The number of carbonyl (C=O) groups is 1. The van der Waals surface area contributed by atoms with Gasteiger partial charge in [-0.3, -0.25) is 4.79 Å². The van der Waals surface area contributed by atoms with Gasteiger partial charge >= 0.3 is 5.97 Å². The number of esters is 1. The smallest absolute Gasteiger partial charge is 0.312 e. The maximum Gasteiger partial charge on any atom is 0.312 e. The Kier molecular flexibility index (Phi) is 6.51. The minimum absolute atomic E-state index is 0.137. The quantitative estimate of drug-likeness (QED) is 0.379. The van der Waals surface area contributed by atoms with Crippen LogP contribution < -0.4 is 0 Å². The largest absolute Gasteiger partial charge is 0.460 e. The van der Waals surface area contributed by atoms with Crippen molar-refractivity contribution in [2.24, 2.45) is 11.3 Å². The molecule has 0 N–H and O–H groups in total. The van der Waals surface area contributed by atoms with E-state index in [0.29, 0.717) is 0 Å². The number of ether oxygens (including phenoxy) is 1. The van der Waals surface area contributed by atoms with Gasteiger partial charge in [-0.15, -0.1) is 0 Å². The highest BCUT2D eigenvalue weighted by molar-refractivity contribution is 6.31. The molecule has 1 atom stereocenters. The predicted molar refractivity (Wildman–Crippen MR) is 88.2 cm³/mol. The maximum absolute atomic E-state index is 14.0. The zero-order chi connectivity index (χ0) is 18.8. The van der Waals surface area contributed by atoms with Crippen molar-refractivity contribution in [3.63, 3.8) is 0 Å². The second-order valence-corrected chi connectivity index (χ2v) is 7.07. The van der Waals surface area contributed by atoms with E-state index in [0.717, 1.165) is 12.5 Å². The lowest BCUT2D eigenvalue weighted by atomic mass is 9.79. The molecular weight excluding hydrogens is 341 g/mol. The van der Waals surface area contributed by atoms with Crippen molar-refractivity contribution in [1.29, 1.82) is 0 Å². The fraction of sp³-hybridized carbons (Fsp3) is 0.500. The zero-order valence-corrected chi connectivity index (χ0v) is 15.4. The van der Waals surface area contributed by atoms with Crippen LogP contribution in [0.5, 0.6) is 0 Å². The lowest BCUT2D eigenvalue weighted by Gasteiger charge is -2.28. The fourth-order valence-electron chi connectivity index (χ4n) is 2.13. The standard InChI is InChI=1S/C18H22ClF3O2/c1-9(2)7-10(3)18(5,6)17(23)24-8-12-13(19)14(20)11(4)15(21)16(12)22/h7,10H,8H2,1-6H3. The highest BCUT2D eigenvalue weighted by Gasteiger charge is 2.35. The topological polar surface area (TPSA) is 26.3 Å². The van der Waals surface area contributed by atoms with Crippen LogP contribution in [-0.4, -0.2) is 5.97 Å². The van der Waals surface area contributed by atoms with Crippen LogP contribution in [-0.2, 0) is 16.1 Å². The van der Waals surface area contributed by atoms with Crippen LogP contribution in [0.4, 0.5) is 13.2 Å². The summed E-state index contributed by atoms with van der Waals surface area (Å²) in [4.78, 5) is 12.3. The Labute approximate surface area is 145 Å². The third-order valence-corrected chi connectivity index (χ3v) is 4.56. The normalized spacial score (nSPS) is 12.8. The Morgan fingerprint density at radius 1 is 1.21 bits per heavy atom. The Balaban J connectivity index is 3.02. The monoisotopic (exact) mass is 362 g/mol. The molecule has 0 spiro atoms. The van der Waals surface area contributed by atoms with Crippen molar-refractivity contribution < 1.29 is 22.7 Å². The molecule has 0 radical (unpaired) electrons. The van der Waals surface area contributed by atoms with E-state index in [1.165, 1.54) is 0 Å². The zero-order valence-electron chi connectivity index (χ0n) is 14.7. The summed E-state index contributed by atoms with van der Waals surface area (Å²) < 4.78 is 46.5. The average molecular weight is 363 g/mol. The van der Waals surface area contributed by atoms with Gasteiger partial charge in [0.25, 0.3) is 0 Å². The molecule has 1 unspecified atom stereocenters. The highest BCUT2D eigenvalue weighted by atomic mass is 35.5. The second-order valence-electron chi connectivity index (χ2n) is 6.69. The summed E-state index contributed by atoms with van der Waals surface area (Å²) in [6.45, 7) is 9.49. The highest BCUT2D eigenvalue weighted by Crippen LogP contribution is 2.33. The number of carbonyl (C=O) groups excluding carboxylic acids is 1. The van der Waals surface area contributed by atoms with Gasteiger partial charge in [0.15, 0.2) is 11.6 Å². The number of hydrogen-bond acceptors (Lipinski definition) is 2. The van der Waals surface area contributed by atoms with Crippen LogP contribution in [0, 0.1) is 35.7 Å². The molecule has 24 heavy (non-hydrogen) atoms. The molecule has 0 aliphatic carbocycles. The fourth-order valence-corrected chi connectivity index (χ4v) is 2.41. The molecule has 0 bridgehead atoms. The first-order chi connectivity index (χ1) is 10.9. The molecule has 134 valence electrons. The van der Waals surface area contributed by atoms with Gasteiger partial charge in [0.2, 0.25) is 0 Å². The molecule has 0 amide bonds. The van der Waals surface area contributed by atoms with E-state index in [1.807, 2.05) is 26.8 Å². The van der Waals surface area contributed by atoms with E-state index in [-0.39, 0.29) is 5.92 Å². The lowest BCUT2D eigenvalue weighted by molar-refractivity contribution is -0.157. The molecule has 6 heteroatoms. The minimum atomic E-state index is -1.33. The number of rotatable bonds is 5. The number of benzene rings is 1. The number of hydrogen-bond donors (Lipinski definition) is 0. The minimum Gasteiger partial charge on any atom is -0.460 e. The van der Waals surface area contributed by atoms with Crippen LogP contribution >= 0.6 is 11.6 Å². The molecule has 1 aromatic rings. The van der Waals surface area contributed by atoms with E-state index in [1.54, 1.807) is 13.8 Å². The summed E-state index contributed by atoms with van der Waals surface area (Å²) in [5.41, 5.74) is -0.858. The molecule has 2 nitrogen and oxygen atoms in total. The second kappa shape index (κ2) is 7.60. The number of halogens is 4. The van der Waals surface area contributed by atoms with Gasteiger partial charge in [0.1, 0.15) is 12.4 Å².